The first-order valence-electron chi connectivity index (χ1n) is 8.28. The van der Waals surface area contributed by atoms with Crippen molar-refractivity contribution in [1.29, 1.82) is 0 Å². The molecule has 0 spiro atoms. The second-order valence-electron chi connectivity index (χ2n) is 6.06. The fourth-order valence-corrected chi connectivity index (χ4v) is 2.35. The van der Waals surface area contributed by atoms with E-state index in [9.17, 15) is 9.59 Å². The van der Waals surface area contributed by atoms with Crippen LogP contribution >= 0.6 is 0 Å². The van der Waals surface area contributed by atoms with Crippen LogP contribution < -0.4 is 4.74 Å². The predicted octanol–water partition coefficient (Wildman–Crippen LogP) is 4.43. The number of rotatable bonds is 9. The predicted molar refractivity (Wildman–Crippen MR) is 91.3 cm³/mol. The van der Waals surface area contributed by atoms with Crippen LogP contribution in [-0.2, 0) is 9.53 Å². The highest BCUT2D eigenvalue weighted by Crippen LogP contribution is 2.30. The minimum absolute atomic E-state index is 0.0325. The lowest BCUT2D eigenvalue weighted by Gasteiger charge is -2.17. The Balaban J connectivity index is 2.98. The molecule has 1 aromatic carbocycles. The third-order valence-corrected chi connectivity index (χ3v) is 3.82. The van der Waals surface area contributed by atoms with E-state index in [0.29, 0.717) is 12.2 Å². The molecule has 0 N–H and O–H groups in total. The van der Waals surface area contributed by atoms with Crippen LogP contribution in [0.4, 0.5) is 0 Å². The average Bonchev–Trinajstić information content (AvgIpc) is 2.52. The number of carbonyl (C=O) groups excluding carboxylic acids is 2. The van der Waals surface area contributed by atoms with Crippen molar-refractivity contribution in [3.8, 4) is 5.75 Å². The van der Waals surface area contributed by atoms with Crippen LogP contribution in [-0.4, -0.2) is 25.5 Å². The van der Waals surface area contributed by atoms with Crippen LogP contribution in [0.3, 0.4) is 0 Å². The van der Waals surface area contributed by atoms with E-state index in [2.05, 4.69) is 25.5 Å². The molecule has 0 saturated carbocycles. The Morgan fingerprint density at radius 3 is 2.43 bits per heavy atom. The van der Waals surface area contributed by atoms with E-state index >= 15 is 0 Å². The van der Waals surface area contributed by atoms with E-state index in [1.54, 1.807) is 0 Å². The Morgan fingerprint density at radius 2 is 1.87 bits per heavy atom. The van der Waals surface area contributed by atoms with Gasteiger partial charge in [0, 0.05) is 12.0 Å². The fraction of sp³-hybridized carbons (Fsp3) is 0.579. The molecule has 0 aliphatic heterocycles. The van der Waals surface area contributed by atoms with Crippen molar-refractivity contribution in [2.45, 2.75) is 59.3 Å². The molecule has 128 valence electrons. The van der Waals surface area contributed by atoms with Gasteiger partial charge in [-0.2, -0.15) is 0 Å². The monoisotopic (exact) mass is 320 g/mol. The topological polar surface area (TPSA) is 52.6 Å². The van der Waals surface area contributed by atoms with Crippen molar-refractivity contribution >= 4 is 11.8 Å². The average molecular weight is 320 g/mol. The molecule has 0 bridgehead atoms. The molecule has 4 heteroatoms. The van der Waals surface area contributed by atoms with E-state index in [0.717, 1.165) is 29.7 Å². The van der Waals surface area contributed by atoms with Crippen LogP contribution in [0.2, 0.25) is 0 Å². The molecule has 0 fully saturated rings. The summed E-state index contributed by atoms with van der Waals surface area (Å²) in [5.41, 5.74) is 2.59. The van der Waals surface area contributed by atoms with Crippen molar-refractivity contribution in [3.63, 3.8) is 0 Å². The Morgan fingerprint density at radius 1 is 1.17 bits per heavy atom. The zero-order chi connectivity index (χ0) is 17.4. The molecule has 0 radical (unpaired) electrons. The van der Waals surface area contributed by atoms with Gasteiger partial charge in [-0.05, 0) is 42.5 Å². The number of unbranched alkanes of at least 4 members (excludes halogenated alkanes) is 1. The molecule has 0 aliphatic rings. The molecule has 0 saturated heterocycles. The number of benzene rings is 1. The Bertz CT molecular complexity index is 547. The normalized spacial score (nSPS) is 10.7. The maximum Gasteiger partial charge on any atom is 0.305 e. The van der Waals surface area contributed by atoms with Gasteiger partial charge in [-0.1, -0.05) is 27.2 Å². The minimum Gasteiger partial charge on any atom is -0.493 e. The maximum atomic E-state index is 12.4. The van der Waals surface area contributed by atoms with Crippen LogP contribution in [0.1, 0.15) is 73.9 Å². The summed E-state index contributed by atoms with van der Waals surface area (Å²) in [6.45, 7) is 8.88. The number of methoxy groups -OCH3 is 1. The quantitative estimate of drug-likeness (QED) is 0.383. The lowest BCUT2D eigenvalue weighted by molar-refractivity contribution is -0.140. The van der Waals surface area contributed by atoms with Crippen molar-refractivity contribution in [1.82, 2.24) is 0 Å². The first-order valence-corrected chi connectivity index (χ1v) is 8.28. The number of esters is 1. The van der Waals surface area contributed by atoms with E-state index in [1.165, 1.54) is 7.11 Å². The summed E-state index contributed by atoms with van der Waals surface area (Å²) in [6, 6.07) is 3.86. The van der Waals surface area contributed by atoms with Crippen LogP contribution in [0, 0.1) is 6.92 Å². The molecule has 0 aromatic heterocycles. The molecule has 0 amide bonds. The molecular formula is C19H28O4. The second-order valence-corrected chi connectivity index (χ2v) is 6.06. The third kappa shape index (κ3) is 5.70. The highest BCUT2D eigenvalue weighted by Gasteiger charge is 2.17. The van der Waals surface area contributed by atoms with Crippen molar-refractivity contribution in [2.75, 3.05) is 13.7 Å². The van der Waals surface area contributed by atoms with E-state index < -0.39 is 0 Å². The fourth-order valence-electron chi connectivity index (χ4n) is 2.35. The summed E-state index contributed by atoms with van der Waals surface area (Å²) in [4.78, 5) is 23.6. The van der Waals surface area contributed by atoms with Gasteiger partial charge in [-0.15, -0.1) is 0 Å². The van der Waals surface area contributed by atoms with Crippen LogP contribution in [0.15, 0.2) is 12.1 Å². The Labute approximate surface area is 139 Å². The van der Waals surface area contributed by atoms with Crippen molar-refractivity contribution in [2.24, 2.45) is 0 Å². The third-order valence-electron chi connectivity index (χ3n) is 3.82. The van der Waals surface area contributed by atoms with Gasteiger partial charge >= 0.3 is 5.97 Å². The van der Waals surface area contributed by atoms with E-state index in [4.69, 9.17) is 4.74 Å². The number of hydrogen-bond acceptors (Lipinski definition) is 4. The summed E-state index contributed by atoms with van der Waals surface area (Å²) >= 11 is 0. The van der Waals surface area contributed by atoms with Crippen LogP contribution in [0.25, 0.3) is 0 Å². The molecule has 0 heterocycles. The van der Waals surface area contributed by atoms with Gasteiger partial charge in [0.05, 0.1) is 20.1 Å². The first kappa shape index (κ1) is 19.2. The smallest absolute Gasteiger partial charge is 0.305 e. The summed E-state index contributed by atoms with van der Waals surface area (Å²) in [5, 5.41) is 0. The van der Waals surface area contributed by atoms with Gasteiger partial charge < -0.3 is 9.47 Å². The SMILES string of the molecule is CCCCOc1cc(C)c(C(=O)CCC(=O)OC)cc1C(C)C. The summed E-state index contributed by atoms with van der Waals surface area (Å²) in [5.74, 6) is 0.726. The van der Waals surface area contributed by atoms with E-state index in [-0.39, 0.29) is 30.5 Å². The van der Waals surface area contributed by atoms with Gasteiger partial charge in [0.2, 0.25) is 0 Å². The standard InChI is InChI=1S/C19H28O4/c1-6-7-10-23-18-11-14(4)16(12-15(18)13(2)3)17(20)8-9-19(21)22-5/h11-13H,6-10H2,1-5H3. The zero-order valence-corrected chi connectivity index (χ0v) is 14.9. The highest BCUT2D eigenvalue weighted by atomic mass is 16.5. The Hall–Kier alpha value is -1.84. The molecule has 23 heavy (non-hydrogen) atoms. The number of aryl methyl sites for hydroxylation is 1. The van der Waals surface area contributed by atoms with E-state index in [1.807, 2.05) is 19.1 Å². The van der Waals surface area contributed by atoms with Gasteiger partial charge in [-0.25, -0.2) is 0 Å². The maximum absolute atomic E-state index is 12.4. The van der Waals surface area contributed by atoms with Crippen molar-refractivity contribution in [3.05, 3.63) is 28.8 Å². The van der Waals surface area contributed by atoms with Gasteiger partial charge in [0.15, 0.2) is 5.78 Å². The zero-order valence-electron chi connectivity index (χ0n) is 14.9. The molecule has 1 aromatic rings. The number of ketones is 1. The van der Waals surface area contributed by atoms with Gasteiger partial charge in [0.25, 0.3) is 0 Å². The van der Waals surface area contributed by atoms with Gasteiger partial charge in [-0.3, -0.25) is 9.59 Å². The minimum atomic E-state index is -0.361. The lowest BCUT2D eigenvalue weighted by Crippen LogP contribution is -2.09. The molecule has 0 unspecified atom stereocenters. The van der Waals surface area contributed by atoms with Gasteiger partial charge in [0.1, 0.15) is 5.75 Å². The number of carbonyl (C=O) groups is 2. The first-order chi connectivity index (χ1) is 10.9. The number of Topliss-reactive ketones (excluding diaryl/α,β-unsaturated/α-hetero) is 1. The summed E-state index contributed by atoms with van der Waals surface area (Å²) in [7, 11) is 1.33. The molecular weight excluding hydrogens is 292 g/mol. The largest absolute Gasteiger partial charge is 0.493 e. The number of ether oxygens (including phenoxy) is 2. The van der Waals surface area contributed by atoms with Crippen LogP contribution in [0.5, 0.6) is 5.75 Å². The Kier molecular flexibility index (Phi) is 7.79. The molecule has 0 aliphatic carbocycles. The van der Waals surface area contributed by atoms with Crippen molar-refractivity contribution < 1.29 is 19.1 Å². The summed E-state index contributed by atoms with van der Waals surface area (Å²) in [6.07, 6.45) is 2.37. The summed E-state index contributed by atoms with van der Waals surface area (Å²) < 4.78 is 10.5. The highest BCUT2D eigenvalue weighted by molar-refractivity contribution is 5.99. The molecule has 1 rings (SSSR count). The molecule has 4 nitrogen and oxygen atoms in total. The second kappa shape index (κ2) is 9.33. The molecule has 0 atom stereocenters. The lowest BCUT2D eigenvalue weighted by atomic mass is 9.93. The number of hydrogen-bond donors (Lipinski definition) is 0.